The number of benzene rings is 1. The molecule has 0 aliphatic carbocycles. The van der Waals surface area contributed by atoms with E-state index in [-0.39, 0.29) is 6.61 Å². The van der Waals surface area contributed by atoms with Crippen molar-refractivity contribution in [3.8, 4) is 0 Å². The summed E-state index contributed by atoms with van der Waals surface area (Å²) in [7, 11) is 1.36. The molecule has 104 valence electrons. The monoisotopic (exact) mass is 305 g/mol. The Kier molecular flexibility index (Phi) is 6.08. The molecule has 0 saturated heterocycles. The van der Waals surface area contributed by atoms with E-state index in [4.69, 9.17) is 27.9 Å². The normalized spacial score (nSPS) is 11.8. The summed E-state index contributed by atoms with van der Waals surface area (Å²) in [5.41, 5.74) is 0.394. The molecule has 0 aliphatic heterocycles. The summed E-state index contributed by atoms with van der Waals surface area (Å²) in [6, 6.07) is 4.65. The third-order valence-corrected chi connectivity index (χ3v) is 2.68. The molecule has 0 aromatic heterocycles. The summed E-state index contributed by atoms with van der Waals surface area (Å²) in [6.07, 6.45) is -0.950. The van der Waals surface area contributed by atoms with Crippen LogP contribution in [0.25, 0.3) is 0 Å². The van der Waals surface area contributed by atoms with Gasteiger partial charge in [-0.05, 0) is 25.1 Å². The first-order valence-electron chi connectivity index (χ1n) is 5.38. The second kappa shape index (κ2) is 7.33. The van der Waals surface area contributed by atoms with Gasteiger partial charge in [0.05, 0.1) is 10.7 Å². The number of hydrogen-bond donors (Lipinski definition) is 1. The van der Waals surface area contributed by atoms with Crippen molar-refractivity contribution in [3.05, 3.63) is 28.2 Å². The summed E-state index contributed by atoms with van der Waals surface area (Å²) in [4.78, 5) is 22.9. The minimum Gasteiger partial charge on any atom is -0.451 e. The topological polar surface area (TPSA) is 64.6 Å². The maximum Gasteiger partial charge on any atom is 0.332 e. The largest absolute Gasteiger partial charge is 0.451 e. The lowest BCUT2D eigenvalue weighted by molar-refractivity contribution is -0.156. The molecule has 1 atom stereocenters. The number of amides is 1. The smallest absolute Gasteiger partial charge is 0.332 e. The van der Waals surface area contributed by atoms with Crippen LogP contribution >= 0.6 is 23.2 Å². The van der Waals surface area contributed by atoms with Gasteiger partial charge in [-0.3, -0.25) is 4.79 Å². The minimum absolute atomic E-state index is 0.209. The minimum atomic E-state index is -0.950. The van der Waals surface area contributed by atoms with E-state index in [1.165, 1.54) is 20.1 Å². The summed E-state index contributed by atoms with van der Waals surface area (Å²) in [5, 5.41) is 3.30. The van der Waals surface area contributed by atoms with Gasteiger partial charge in [0.2, 0.25) is 0 Å². The summed E-state index contributed by atoms with van der Waals surface area (Å²) >= 11 is 11.6. The van der Waals surface area contributed by atoms with E-state index in [2.05, 4.69) is 10.1 Å². The van der Waals surface area contributed by atoms with Crippen LogP contribution in [0, 0.1) is 0 Å². The molecule has 1 aromatic carbocycles. The van der Waals surface area contributed by atoms with E-state index >= 15 is 0 Å². The molecule has 7 heteroatoms. The second-order valence-electron chi connectivity index (χ2n) is 3.68. The number of esters is 1. The number of rotatable bonds is 5. The third kappa shape index (κ3) is 5.06. The van der Waals surface area contributed by atoms with Crippen molar-refractivity contribution in [2.24, 2.45) is 0 Å². The molecule has 0 radical (unpaired) electrons. The standard InChI is InChI=1S/C12H13Cl2NO4/c1-7(19-11(16)6-18-2)12(17)15-10-4-3-8(13)5-9(10)14/h3-5,7H,6H2,1-2H3,(H,15,17)/t7-/m0/s1. The first kappa shape index (κ1) is 15.8. The Labute approximate surface area is 120 Å². The number of carbonyl (C=O) groups excluding carboxylic acids is 2. The molecule has 19 heavy (non-hydrogen) atoms. The Balaban J connectivity index is 2.61. The summed E-state index contributed by atoms with van der Waals surface area (Å²) < 4.78 is 9.44. The van der Waals surface area contributed by atoms with Crippen molar-refractivity contribution in [3.63, 3.8) is 0 Å². The molecule has 1 N–H and O–H groups in total. The lowest BCUT2D eigenvalue weighted by Gasteiger charge is -2.14. The van der Waals surface area contributed by atoms with Crippen molar-refractivity contribution in [1.29, 1.82) is 0 Å². The number of ether oxygens (including phenoxy) is 2. The predicted molar refractivity (Wildman–Crippen MR) is 72.5 cm³/mol. The lowest BCUT2D eigenvalue weighted by Crippen LogP contribution is -2.31. The van der Waals surface area contributed by atoms with E-state index in [1.54, 1.807) is 12.1 Å². The lowest BCUT2D eigenvalue weighted by atomic mass is 10.3. The quantitative estimate of drug-likeness (QED) is 0.849. The van der Waals surface area contributed by atoms with Crippen molar-refractivity contribution >= 4 is 40.8 Å². The van der Waals surface area contributed by atoms with E-state index in [0.29, 0.717) is 15.7 Å². The number of halogens is 2. The van der Waals surface area contributed by atoms with E-state index in [1.807, 2.05) is 0 Å². The highest BCUT2D eigenvalue weighted by Crippen LogP contribution is 2.25. The van der Waals surface area contributed by atoms with Gasteiger partial charge < -0.3 is 14.8 Å². The Bertz CT molecular complexity index is 479. The zero-order chi connectivity index (χ0) is 14.4. The van der Waals surface area contributed by atoms with Crippen molar-refractivity contribution in [1.82, 2.24) is 0 Å². The molecular formula is C12H13Cl2NO4. The molecule has 1 rings (SSSR count). The van der Waals surface area contributed by atoms with Crippen LogP contribution in [0.4, 0.5) is 5.69 Å². The summed E-state index contributed by atoms with van der Waals surface area (Å²) in [6.45, 7) is 1.24. The number of methoxy groups -OCH3 is 1. The highest BCUT2D eigenvalue weighted by molar-refractivity contribution is 6.36. The average Bonchev–Trinajstić information content (AvgIpc) is 2.32. The van der Waals surface area contributed by atoms with Gasteiger partial charge in [-0.1, -0.05) is 23.2 Å². The van der Waals surface area contributed by atoms with Crippen LogP contribution < -0.4 is 5.32 Å². The molecule has 5 nitrogen and oxygen atoms in total. The Morgan fingerprint density at radius 2 is 2.05 bits per heavy atom. The fourth-order valence-corrected chi connectivity index (χ4v) is 1.68. The molecule has 1 amide bonds. The van der Waals surface area contributed by atoms with Gasteiger partial charge in [0.15, 0.2) is 6.10 Å². The van der Waals surface area contributed by atoms with Gasteiger partial charge in [-0.15, -0.1) is 0 Å². The molecule has 0 heterocycles. The van der Waals surface area contributed by atoms with Crippen molar-refractivity contribution < 1.29 is 19.1 Å². The highest BCUT2D eigenvalue weighted by atomic mass is 35.5. The maximum absolute atomic E-state index is 11.8. The molecule has 0 bridgehead atoms. The molecular weight excluding hydrogens is 293 g/mol. The van der Waals surface area contributed by atoms with Crippen molar-refractivity contribution in [2.75, 3.05) is 19.0 Å². The number of carbonyl (C=O) groups is 2. The molecule has 0 fully saturated rings. The first-order valence-corrected chi connectivity index (χ1v) is 6.14. The highest BCUT2D eigenvalue weighted by Gasteiger charge is 2.18. The van der Waals surface area contributed by atoms with E-state index in [9.17, 15) is 9.59 Å². The fraction of sp³-hybridized carbons (Fsp3) is 0.333. The van der Waals surface area contributed by atoms with Crippen LogP contribution in [-0.4, -0.2) is 31.7 Å². The second-order valence-corrected chi connectivity index (χ2v) is 4.52. The SMILES string of the molecule is COCC(=O)O[C@@H](C)C(=O)Nc1ccc(Cl)cc1Cl. The van der Waals surface area contributed by atoms with Crippen LogP contribution in [0.5, 0.6) is 0 Å². The number of hydrogen-bond acceptors (Lipinski definition) is 4. The number of anilines is 1. The molecule has 0 spiro atoms. The zero-order valence-electron chi connectivity index (χ0n) is 10.4. The Morgan fingerprint density at radius 3 is 2.63 bits per heavy atom. The Morgan fingerprint density at radius 1 is 1.37 bits per heavy atom. The predicted octanol–water partition coefficient (Wildman–Crippen LogP) is 2.51. The Hall–Kier alpha value is -1.30. The first-order chi connectivity index (χ1) is 8.93. The maximum atomic E-state index is 11.8. The van der Waals surface area contributed by atoms with Crippen LogP contribution in [-0.2, 0) is 19.1 Å². The van der Waals surface area contributed by atoms with Gasteiger partial charge >= 0.3 is 5.97 Å². The number of nitrogens with one attached hydrogen (secondary N) is 1. The molecule has 1 aromatic rings. The molecule has 0 unspecified atom stereocenters. The van der Waals surface area contributed by atoms with Gasteiger partial charge in [0.25, 0.3) is 5.91 Å². The van der Waals surface area contributed by atoms with E-state index < -0.39 is 18.0 Å². The van der Waals surface area contributed by atoms with Crippen LogP contribution in [0.15, 0.2) is 18.2 Å². The van der Waals surface area contributed by atoms with Crippen LogP contribution in [0.3, 0.4) is 0 Å². The fourth-order valence-electron chi connectivity index (χ4n) is 1.23. The molecule has 0 aliphatic rings. The van der Waals surface area contributed by atoms with Gasteiger partial charge in [0, 0.05) is 12.1 Å². The van der Waals surface area contributed by atoms with E-state index in [0.717, 1.165) is 0 Å². The zero-order valence-corrected chi connectivity index (χ0v) is 11.9. The van der Waals surface area contributed by atoms with Crippen LogP contribution in [0.1, 0.15) is 6.92 Å². The average molecular weight is 306 g/mol. The molecule has 0 saturated carbocycles. The third-order valence-electron chi connectivity index (χ3n) is 2.13. The summed E-state index contributed by atoms with van der Waals surface area (Å²) in [5.74, 6) is -1.11. The van der Waals surface area contributed by atoms with Crippen LogP contribution in [0.2, 0.25) is 10.0 Å². The van der Waals surface area contributed by atoms with Gasteiger partial charge in [-0.2, -0.15) is 0 Å². The van der Waals surface area contributed by atoms with Gasteiger partial charge in [-0.25, -0.2) is 4.79 Å². The van der Waals surface area contributed by atoms with Crippen molar-refractivity contribution in [2.45, 2.75) is 13.0 Å². The van der Waals surface area contributed by atoms with Gasteiger partial charge in [0.1, 0.15) is 6.61 Å².